The number of ether oxygens (including phenoxy) is 1. The van der Waals surface area contributed by atoms with Crippen molar-refractivity contribution in [3.63, 3.8) is 0 Å². The normalized spacial score (nSPS) is 13.8. The average Bonchev–Trinajstić information content (AvgIpc) is 3.06. The lowest BCUT2D eigenvalue weighted by molar-refractivity contribution is -0.917. The Morgan fingerprint density at radius 2 is 2.00 bits per heavy atom. The van der Waals surface area contributed by atoms with E-state index in [1.807, 2.05) is 12.1 Å². The van der Waals surface area contributed by atoms with Gasteiger partial charge in [-0.15, -0.1) is 0 Å². The zero-order valence-electron chi connectivity index (χ0n) is 16.7. The summed E-state index contributed by atoms with van der Waals surface area (Å²) in [5.74, 6) is 1.58. The number of aromatic nitrogens is 1. The summed E-state index contributed by atoms with van der Waals surface area (Å²) in [5, 5.41) is 10.1. The molecule has 1 heterocycles. The predicted octanol–water partition coefficient (Wildman–Crippen LogP) is 2.75. The molecule has 26 heavy (non-hydrogen) atoms. The Morgan fingerprint density at radius 1 is 1.19 bits per heavy atom. The van der Waals surface area contributed by atoms with Crippen LogP contribution < -0.4 is 9.64 Å². The highest BCUT2D eigenvalue weighted by atomic mass is 16.5. The van der Waals surface area contributed by atoms with E-state index < -0.39 is 0 Å². The molecule has 0 saturated carbocycles. The van der Waals surface area contributed by atoms with Gasteiger partial charge in [0.05, 0.1) is 19.3 Å². The lowest BCUT2D eigenvalue weighted by Gasteiger charge is -2.23. The summed E-state index contributed by atoms with van der Waals surface area (Å²) in [5.41, 5.74) is 2.55. The van der Waals surface area contributed by atoms with Gasteiger partial charge in [-0.1, -0.05) is 32.9 Å². The number of quaternary nitrogens is 1. The van der Waals surface area contributed by atoms with E-state index in [2.05, 4.69) is 55.8 Å². The van der Waals surface area contributed by atoms with Crippen molar-refractivity contribution in [1.82, 2.24) is 4.57 Å². The first-order chi connectivity index (χ1) is 12.5. The molecule has 1 aromatic heterocycles. The number of aliphatic hydroxyl groups is 1. The summed E-state index contributed by atoms with van der Waals surface area (Å²) in [6, 6.07) is 12.6. The van der Waals surface area contributed by atoms with Gasteiger partial charge in [0.1, 0.15) is 24.9 Å². The second-order valence-corrected chi connectivity index (χ2v) is 7.60. The molecule has 0 aliphatic rings. The number of hydrogen-bond donors (Lipinski definition) is 2. The fourth-order valence-electron chi connectivity index (χ4n) is 3.22. The van der Waals surface area contributed by atoms with Gasteiger partial charge in [0.25, 0.3) is 0 Å². The zero-order valence-corrected chi connectivity index (χ0v) is 16.7. The third-order valence-corrected chi connectivity index (χ3v) is 4.91. The van der Waals surface area contributed by atoms with Crippen LogP contribution in [-0.2, 0) is 13.1 Å². The molecule has 1 aromatic carbocycles. The van der Waals surface area contributed by atoms with Crippen LogP contribution in [0.4, 0.5) is 0 Å². The van der Waals surface area contributed by atoms with Gasteiger partial charge < -0.3 is 19.3 Å². The van der Waals surface area contributed by atoms with Gasteiger partial charge in [-0.25, -0.2) is 0 Å². The largest absolute Gasteiger partial charge is 0.497 e. The Kier molecular flexibility index (Phi) is 8.20. The molecule has 0 amide bonds. The fraction of sp³-hybridized carbons (Fsp3) is 0.545. The molecule has 0 fully saturated rings. The Morgan fingerprint density at radius 3 is 2.69 bits per heavy atom. The van der Waals surface area contributed by atoms with Gasteiger partial charge in [-0.05, 0) is 48.6 Å². The van der Waals surface area contributed by atoms with Crippen molar-refractivity contribution in [2.24, 2.45) is 5.92 Å². The summed E-state index contributed by atoms with van der Waals surface area (Å²) in [6.45, 7) is 10.3. The third kappa shape index (κ3) is 6.50. The topological polar surface area (TPSA) is 38.8 Å². The third-order valence-electron chi connectivity index (χ3n) is 4.91. The SMILES string of the molecule is CC[C@@H](O)C[NH+](CCC(C)C)Cc1cccn1Cc1cccc(OC)c1. The Balaban J connectivity index is 2.07. The van der Waals surface area contributed by atoms with E-state index in [1.54, 1.807) is 7.11 Å². The first kappa shape index (κ1) is 20.5. The van der Waals surface area contributed by atoms with Crippen molar-refractivity contribution in [1.29, 1.82) is 0 Å². The van der Waals surface area contributed by atoms with Gasteiger partial charge in [0.15, 0.2) is 0 Å². The van der Waals surface area contributed by atoms with Crippen LogP contribution in [0.2, 0.25) is 0 Å². The van der Waals surface area contributed by atoms with E-state index in [0.717, 1.165) is 38.3 Å². The molecule has 2 rings (SSSR count). The van der Waals surface area contributed by atoms with Crippen molar-refractivity contribution in [2.75, 3.05) is 20.2 Å². The molecule has 4 nitrogen and oxygen atoms in total. The van der Waals surface area contributed by atoms with Crippen LogP contribution in [0, 0.1) is 5.92 Å². The molecule has 0 spiro atoms. The first-order valence-electron chi connectivity index (χ1n) is 9.80. The minimum atomic E-state index is -0.223. The lowest BCUT2D eigenvalue weighted by atomic mass is 10.1. The number of nitrogens with zero attached hydrogens (tertiary/aromatic N) is 1. The van der Waals surface area contributed by atoms with Gasteiger partial charge in [-0.3, -0.25) is 0 Å². The van der Waals surface area contributed by atoms with Crippen molar-refractivity contribution in [3.8, 4) is 5.75 Å². The second-order valence-electron chi connectivity index (χ2n) is 7.60. The zero-order chi connectivity index (χ0) is 18.9. The molecular weight excluding hydrogens is 324 g/mol. The Labute approximate surface area is 158 Å². The van der Waals surface area contributed by atoms with Crippen molar-refractivity contribution in [3.05, 3.63) is 53.9 Å². The monoisotopic (exact) mass is 359 g/mol. The molecule has 144 valence electrons. The van der Waals surface area contributed by atoms with Crippen LogP contribution >= 0.6 is 0 Å². The Hall–Kier alpha value is -1.78. The maximum absolute atomic E-state index is 10.1. The van der Waals surface area contributed by atoms with Crippen LogP contribution in [0.3, 0.4) is 0 Å². The molecule has 2 atom stereocenters. The van der Waals surface area contributed by atoms with E-state index in [4.69, 9.17) is 4.74 Å². The first-order valence-corrected chi connectivity index (χ1v) is 9.80. The number of aliphatic hydroxyl groups excluding tert-OH is 1. The minimum absolute atomic E-state index is 0.223. The van der Waals surface area contributed by atoms with Crippen molar-refractivity contribution < 1.29 is 14.7 Å². The van der Waals surface area contributed by atoms with Crippen LogP contribution in [-0.4, -0.2) is 36.0 Å². The van der Waals surface area contributed by atoms with E-state index >= 15 is 0 Å². The van der Waals surface area contributed by atoms with Crippen molar-refractivity contribution >= 4 is 0 Å². The highest BCUT2D eigenvalue weighted by molar-refractivity contribution is 5.29. The average molecular weight is 360 g/mol. The molecule has 2 N–H and O–H groups in total. The minimum Gasteiger partial charge on any atom is -0.497 e. The summed E-state index contributed by atoms with van der Waals surface area (Å²) >= 11 is 0. The smallest absolute Gasteiger partial charge is 0.119 e. The molecule has 2 aromatic rings. The number of rotatable bonds is 11. The standard InChI is InChI=1S/C22H34N2O2/c1-5-21(25)17-23(13-11-18(2)3)16-20-9-7-12-24(20)15-19-8-6-10-22(14-19)26-4/h6-10,12,14,18,21,25H,5,11,13,15-17H2,1-4H3/p+1/t21-/m1/s1. The van der Waals surface area contributed by atoms with E-state index in [1.165, 1.54) is 22.6 Å². The van der Waals surface area contributed by atoms with Crippen LogP contribution in [0.25, 0.3) is 0 Å². The van der Waals surface area contributed by atoms with Gasteiger partial charge in [0.2, 0.25) is 0 Å². The van der Waals surface area contributed by atoms with Crippen molar-refractivity contribution in [2.45, 2.75) is 52.8 Å². The van der Waals surface area contributed by atoms with Gasteiger partial charge in [-0.2, -0.15) is 0 Å². The highest BCUT2D eigenvalue weighted by Gasteiger charge is 2.17. The molecule has 0 aliphatic heterocycles. The molecule has 0 saturated heterocycles. The number of benzene rings is 1. The Bertz CT molecular complexity index is 651. The van der Waals surface area contributed by atoms with Gasteiger partial charge in [0, 0.05) is 12.7 Å². The maximum Gasteiger partial charge on any atom is 0.119 e. The second kappa shape index (κ2) is 10.4. The van der Waals surface area contributed by atoms with Crippen LogP contribution in [0.1, 0.15) is 44.9 Å². The van der Waals surface area contributed by atoms with Crippen LogP contribution in [0.15, 0.2) is 42.6 Å². The van der Waals surface area contributed by atoms with E-state index in [9.17, 15) is 5.11 Å². The summed E-state index contributed by atoms with van der Waals surface area (Å²) < 4.78 is 7.65. The molecular formula is C22H35N2O2+. The lowest BCUT2D eigenvalue weighted by Crippen LogP contribution is -3.12. The molecule has 0 bridgehead atoms. The quantitative estimate of drug-likeness (QED) is 0.647. The summed E-state index contributed by atoms with van der Waals surface area (Å²) in [7, 11) is 1.70. The number of methoxy groups -OCH3 is 1. The predicted molar refractivity (Wildman–Crippen MR) is 107 cm³/mol. The number of nitrogens with one attached hydrogen (secondary N) is 1. The molecule has 0 aliphatic carbocycles. The molecule has 0 radical (unpaired) electrons. The van der Waals surface area contributed by atoms with E-state index in [0.29, 0.717) is 5.92 Å². The molecule has 4 heteroatoms. The highest BCUT2D eigenvalue weighted by Crippen LogP contribution is 2.14. The summed E-state index contributed by atoms with van der Waals surface area (Å²) in [6.07, 6.45) is 3.92. The molecule has 1 unspecified atom stereocenters. The van der Waals surface area contributed by atoms with E-state index in [-0.39, 0.29) is 6.10 Å². The van der Waals surface area contributed by atoms with Gasteiger partial charge >= 0.3 is 0 Å². The van der Waals surface area contributed by atoms with Crippen LogP contribution in [0.5, 0.6) is 5.75 Å². The number of hydrogen-bond acceptors (Lipinski definition) is 2. The fourth-order valence-corrected chi connectivity index (χ4v) is 3.22. The maximum atomic E-state index is 10.1. The summed E-state index contributed by atoms with van der Waals surface area (Å²) in [4.78, 5) is 1.46.